The molecule has 0 radical (unpaired) electrons. The number of likely N-dealkylation sites (tertiary alicyclic amines) is 2. The molecule has 0 N–H and O–H groups in total. The lowest BCUT2D eigenvalue weighted by Gasteiger charge is -2.34. The van der Waals surface area contributed by atoms with Gasteiger partial charge in [-0.3, -0.25) is 4.79 Å². The topological polar surface area (TPSA) is 54.3 Å². The molecule has 1 aromatic rings. The van der Waals surface area contributed by atoms with Crippen molar-refractivity contribution in [2.24, 2.45) is 7.05 Å². The molecule has 0 saturated carbocycles. The maximum absolute atomic E-state index is 12.5. The molecule has 1 aromatic heterocycles. The second-order valence-corrected chi connectivity index (χ2v) is 7.12. The molecular formula is C17H29N5O. The van der Waals surface area contributed by atoms with Crippen LogP contribution in [-0.2, 0) is 11.8 Å². The second-order valence-electron chi connectivity index (χ2n) is 7.12. The van der Waals surface area contributed by atoms with E-state index >= 15 is 0 Å². The molecule has 2 fully saturated rings. The predicted molar refractivity (Wildman–Crippen MR) is 89.1 cm³/mol. The molecule has 0 bridgehead atoms. The maximum Gasteiger partial charge on any atom is 0.222 e. The van der Waals surface area contributed by atoms with Crippen molar-refractivity contribution in [1.29, 1.82) is 0 Å². The van der Waals surface area contributed by atoms with Crippen molar-refractivity contribution in [1.82, 2.24) is 24.6 Å². The minimum atomic E-state index is 0.334. The number of carbonyl (C=O) groups excluding carboxylic acids is 1. The molecule has 23 heavy (non-hydrogen) atoms. The van der Waals surface area contributed by atoms with Crippen molar-refractivity contribution in [3.8, 4) is 0 Å². The number of nitrogens with zero attached hydrogens (tertiary/aromatic N) is 5. The smallest absolute Gasteiger partial charge is 0.222 e. The highest BCUT2D eigenvalue weighted by Crippen LogP contribution is 2.27. The van der Waals surface area contributed by atoms with Crippen LogP contribution in [0.1, 0.15) is 56.7 Å². The van der Waals surface area contributed by atoms with Crippen LogP contribution in [0.15, 0.2) is 6.33 Å². The molecule has 128 valence electrons. The second kappa shape index (κ2) is 7.43. The Bertz CT molecular complexity index is 521. The highest BCUT2D eigenvalue weighted by atomic mass is 16.2. The summed E-state index contributed by atoms with van der Waals surface area (Å²) in [5.41, 5.74) is 0. The standard InChI is InChI=1S/C17H29N5O/c1-20-10-4-3-5-15(20)6-7-16(23)22-11-8-14(9-12-22)17-19-18-13-21(17)2/h13-15H,3-12H2,1-2H3/t15-/m1/s1. The van der Waals surface area contributed by atoms with Crippen LogP contribution < -0.4 is 0 Å². The highest BCUT2D eigenvalue weighted by molar-refractivity contribution is 5.76. The number of amides is 1. The fourth-order valence-electron chi connectivity index (χ4n) is 4.01. The van der Waals surface area contributed by atoms with Crippen LogP contribution in [0.4, 0.5) is 0 Å². The highest BCUT2D eigenvalue weighted by Gasteiger charge is 2.27. The van der Waals surface area contributed by atoms with E-state index in [-0.39, 0.29) is 0 Å². The molecule has 0 spiro atoms. The van der Waals surface area contributed by atoms with E-state index in [1.807, 2.05) is 11.6 Å². The number of carbonyl (C=O) groups is 1. The van der Waals surface area contributed by atoms with Crippen molar-refractivity contribution in [2.45, 2.75) is 56.9 Å². The molecule has 0 unspecified atom stereocenters. The largest absolute Gasteiger partial charge is 0.343 e. The third-order valence-corrected chi connectivity index (χ3v) is 5.57. The van der Waals surface area contributed by atoms with Crippen LogP contribution in [0.25, 0.3) is 0 Å². The Labute approximate surface area is 138 Å². The van der Waals surface area contributed by atoms with Gasteiger partial charge in [-0.25, -0.2) is 0 Å². The van der Waals surface area contributed by atoms with Crippen molar-refractivity contribution >= 4 is 5.91 Å². The van der Waals surface area contributed by atoms with E-state index in [2.05, 4.69) is 27.0 Å². The first-order valence-electron chi connectivity index (χ1n) is 8.97. The van der Waals surface area contributed by atoms with Crippen molar-refractivity contribution in [2.75, 3.05) is 26.7 Å². The molecule has 0 aromatic carbocycles. The van der Waals surface area contributed by atoms with Gasteiger partial charge in [0.15, 0.2) is 0 Å². The monoisotopic (exact) mass is 319 g/mol. The summed E-state index contributed by atoms with van der Waals surface area (Å²) in [5, 5.41) is 8.19. The Kier molecular flexibility index (Phi) is 5.30. The average molecular weight is 319 g/mol. The normalized spacial score (nSPS) is 24.1. The fourth-order valence-corrected chi connectivity index (χ4v) is 4.01. The lowest BCUT2D eigenvalue weighted by atomic mass is 9.95. The van der Waals surface area contributed by atoms with Crippen LogP contribution in [-0.4, -0.2) is 63.2 Å². The molecular weight excluding hydrogens is 290 g/mol. The zero-order valence-corrected chi connectivity index (χ0v) is 14.4. The SMILES string of the molecule is CN1CCCC[C@@H]1CCC(=O)N1CCC(c2nncn2C)CC1. The summed E-state index contributed by atoms with van der Waals surface area (Å²) < 4.78 is 2.00. The first-order valence-corrected chi connectivity index (χ1v) is 8.97. The van der Waals surface area contributed by atoms with Gasteiger partial charge >= 0.3 is 0 Å². The van der Waals surface area contributed by atoms with E-state index in [0.29, 0.717) is 24.3 Å². The average Bonchev–Trinajstić information content (AvgIpc) is 3.00. The third-order valence-electron chi connectivity index (χ3n) is 5.57. The van der Waals surface area contributed by atoms with Gasteiger partial charge in [0.25, 0.3) is 0 Å². The summed E-state index contributed by atoms with van der Waals surface area (Å²) in [6.07, 6.45) is 9.33. The van der Waals surface area contributed by atoms with Crippen LogP contribution in [0, 0.1) is 0 Å². The molecule has 2 saturated heterocycles. The lowest BCUT2D eigenvalue weighted by molar-refractivity contribution is -0.132. The maximum atomic E-state index is 12.5. The van der Waals surface area contributed by atoms with Crippen molar-refractivity contribution in [3.63, 3.8) is 0 Å². The Morgan fingerprint density at radius 1 is 1.17 bits per heavy atom. The summed E-state index contributed by atoms with van der Waals surface area (Å²) in [6, 6.07) is 0.601. The molecule has 6 heteroatoms. The van der Waals surface area contributed by atoms with Crippen molar-refractivity contribution < 1.29 is 4.79 Å². The van der Waals surface area contributed by atoms with Crippen LogP contribution in [0.5, 0.6) is 0 Å². The van der Waals surface area contributed by atoms with Gasteiger partial charge in [0.1, 0.15) is 12.2 Å². The molecule has 6 nitrogen and oxygen atoms in total. The van der Waals surface area contributed by atoms with Gasteiger partial charge in [0.05, 0.1) is 0 Å². The number of rotatable bonds is 4. The third kappa shape index (κ3) is 3.91. The zero-order valence-electron chi connectivity index (χ0n) is 14.4. The quantitative estimate of drug-likeness (QED) is 0.849. The van der Waals surface area contributed by atoms with E-state index in [4.69, 9.17) is 0 Å². The first-order chi connectivity index (χ1) is 11.1. The first kappa shape index (κ1) is 16.4. The van der Waals surface area contributed by atoms with E-state index in [1.165, 1.54) is 25.8 Å². The molecule has 1 amide bonds. The van der Waals surface area contributed by atoms with E-state index in [9.17, 15) is 4.79 Å². The predicted octanol–water partition coefficient (Wildman–Crippen LogP) is 1.79. The van der Waals surface area contributed by atoms with Gasteiger partial charge < -0.3 is 14.4 Å². The minimum Gasteiger partial charge on any atom is -0.343 e. The lowest BCUT2D eigenvalue weighted by Crippen LogP contribution is -2.40. The molecule has 0 aliphatic carbocycles. The Morgan fingerprint density at radius 3 is 2.61 bits per heavy atom. The number of piperidine rings is 2. The fraction of sp³-hybridized carbons (Fsp3) is 0.824. The Balaban J connectivity index is 1.44. The Morgan fingerprint density at radius 2 is 1.96 bits per heavy atom. The van der Waals surface area contributed by atoms with Gasteiger partial charge in [-0.05, 0) is 45.7 Å². The summed E-state index contributed by atoms with van der Waals surface area (Å²) in [7, 11) is 4.19. The minimum absolute atomic E-state index is 0.334. The summed E-state index contributed by atoms with van der Waals surface area (Å²) in [5.74, 6) is 1.83. The zero-order chi connectivity index (χ0) is 16.2. The number of hydrogen-bond donors (Lipinski definition) is 0. The number of aromatic nitrogens is 3. The molecule has 2 aliphatic rings. The summed E-state index contributed by atoms with van der Waals surface area (Å²) in [6.45, 7) is 2.90. The van der Waals surface area contributed by atoms with E-state index in [1.54, 1.807) is 6.33 Å². The van der Waals surface area contributed by atoms with Gasteiger partial charge in [0.2, 0.25) is 5.91 Å². The van der Waals surface area contributed by atoms with Gasteiger partial charge in [-0.2, -0.15) is 0 Å². The Hall–Kier alpha value is -1.43. The van der Waals surface area contributed by atoms with Crippen LogP contribution in [0.2, 0.25) is 0 Å². The van der Waals surface area contributed by atoms with E-state index < -0.39 is 0 Å². The summed E-state index contributed by atoms with van der Waals surface area (Å²) >= 11 is 0. The summed E-state index contributed by atoms with van der Waals surface area (Å²) in [4.78, 5) is 17.0. The van der Waals surface area contributed by atoms with Gasteiger partial charge in [0, 0.05) is 38.5 Å². The van der Waals surface area contributed by atoms with Gasteiger partial charge in [-0.15, -0.1) is 10.2 Å². The molecule has 3 rings (SSSR count). The van der Waals surface area contributed by atoms with E-state index in [0.717, 1.165) is 38.2 Å². The number of hydrogen-bond acceptors (Lipinski definition) is 4. The molecule has 3 heterocycles. The van der Waals surface area contributed by atoms with Crippen LogP contribution >= 0.6 is 0 Å². The molecule has 1 atom stereocenters. The van der Waals surface area contributed by atoms with Crippen molar-refractivity contribution in [3.05, 3.63) is 12.2 Å². The molecule has 2 aliphatic heterocycles. The van der Waals surface area contributed by atoms with Gasteiger partial charge in [-0.1, -0.05) is 6.42 Å². The van der Waals surface area contributed by atoms with Crippen LogP contribution in [0.3, 0.4) is 0 Å². The number of aryl methyl sites for hydroxylation is 1.